The van der Waals surface area contributed by atoms with Crippen LogP contribution in [-0.4, -0.2) is 41.9 Å². The molecular formula is C31H33NO5. The molecule has 2 heterocycles. The molecule has 0 saturated carbocycles. The van der Waals surface area contributed by atoms with Gasteiger partial charge in [0, 0.05) is 23.7 Å². The molecule has 2 aliphatic rings. The summed E-state index contributed by atoms with van der Waals surface area (Å²) in [7, 11) is 0. The summed E-state index contributed by atoms with van der Waals surface area (Å²) in [5.41, 5.74) is 5.35. The van der Waals surface area contributed by atoms with Crippen molar-refractivity contribution in [2.45, 2.75) is 39.3 Å². The summed E-state index contributed by atoms with van der Waals surface area (Å²) >= 11 is 0. The van der Waals surface area contributed by atoms with Crippen LogP contribution in [0.2, 0.25) is 0 Å². The molecule has 6 heteroatoms. The van der Waals surface area contributed by atoms with Crippen LogP contribution in [0.5, 0.6) is 17.2 Å². The van der Waals surface area contributed by atoms with Crippen molar-refractivity contribution in [2.24, 2.45) is 5.92 Å². The molecule has 1 N–H and O–H groups in total. The van der Waals surface area contributed by atoms with Crippen LogP contribution in [0.25, 0.3) is 11.1 Å². The Morgan fingerprint density at radius 3 is 2.43 bits per heavy atom. The first-order valence-corrected chi connectivity index (χ1v) is 12.6. The molecule has 3 aromatic carbocycles. The van der Waals surface area contributed by atoms with Gasteiger partial charge in [-0.3, -0.25) is 4.90 Å². The number of phenolic OH excluding ortho intramolecular Hbond substituents is 1. The molecule has 192 valence electrons. The zero-order valence-electron chi connectivity index (χ0n) is 21.5. The Morgan fingerprint density at radius 2 is 1.78 bits per heavy atom. The largest absolute Gasteiger partial charge is 0.508 e. The highest BCUT2D eigenvalue weighted by Crippen LogP contribution is 2.47. The third-order valence-corrected chi connectivity index (χ3v) is 7.12. The van der Waals surface area contributed by atoms with Crippen LogP contribution in [-0.2, 0) is 9.59 Å². The number of allylic oxidation sites excluding steroid dienone is 1. The van der Waals surface area contributed by atoms with Gasteiger partial charge in [-0.05, 0) is 79.8 Å². The van der Waals surface area contributed by atoms with E-state index in [1.807, 2.05) is 36.4 Å². The maximum atomic E-state index is 10.1. The van der Waals surface area contributed by atoms with Gasteiger partial charge in [-0.25, -0.2) is 0 Å². The van der Waals surface area contributed by atoms with Crippen LogP contribution in [0, 0.1) is 5.92 Å². The molecule has 37 heavy (non-hydrogen) atoms. The van der Waals surface area contributed by atoms with E-state index >= 15 is 0 Å². The lowest BCUT2D eigenvalue weighted by Crippen LogP contribution is -2.35. The summed E-state index contributed by atoms with van der Waals surface area (Å²) in [5.74, 6) is 2.69. The van der Waals surface area contributed by atoms with Crippen LogP contribution in [0.4, 0.5) is 0 Å². The zero-order valence-corrected chi connectivity index (χ0v) is 21.5. The minimum Gasteiger partial charge on any atom is -0.508 e. The minimum atomic E-state index is -0.237. The molecule has 2 aliphatic heterocycles. The summed E-state index contributed by atoms with van der Waals surface area (Å²) in [4.78, 5) is 18.8. The number of aromatic hydroxyl groups is 1. The second kappa shape index (κ2) is 11.9. The maximum absolute atomic E-state index is 10.1. The highest BCUT2D eigenvalue weighted by Gasteiger charge is 2.29. The highest BCUT2D eigenvalue weighted by molar-refractivity contribution is 5.95. The number of fused-ring (bicyclic) bond motifs is 1. The number of rotatable bonds is 6. The lowest BCUT2D eigenvalue weighted by molar-refractivity contribution is -0.191. The third kappa shape index (κ3) is 6.11. The van der Waals surface area contributed by atoms with Crippen molar-refractivity contribution in [3.63, 3.8) is 0 Å². The Morgan fingerprint density at radius 1 is 1.08 bits per heavy atom. The first kappa shape index (κ1) is 26.2. The standard InChI is InChI=1S/C30H33NO3.CO2/c1-20-15-16-31(18-20)21(2)19-33-26-12-9-24(10-13-26)30-29(23-7-5-4-6-8-23)22(3)27-17-25(32)11-14-28(27)34-30;2-1-3/h4-14,17,20-21,30,32H,15-16,18-19H2,1-3H3;/t20-,21+,30?;/m1./s1. The second-order valence-corrected chi connectivity index (χ2v) is 9.78. The molecular weight excluding hydrogens is 466 g/mol. The van der Waals surface area contributed by atoms with Crippen LogP contribution >= 0.6 is 0 Å². The Hall–Kier alpha value is -3.86. The third-order valence-electron chi connectivity index (χ3n) is 7.12. The summed E-state index contributed by atoms with van der Waals surface area (Å²) in [5, 5.41) is 10.1. The lowest BCUT2D eigenvalue weighted by atomic mass is 9.86. The van der Waals surface area contributed by atoms with Gasteiger partial charge in [0.1, 0.15) is 30.0 Å². The molecule has 1 fully saturated rings. The van der Waals surface area contributed by atoms with E-state index in [4.69, 9.17) is 19.1 Å². The molecule has 3 atom stereocenters. The van der Waals surface area contributed by atoms with Gasteiger partial charge in [0.2, 0.25) is 0 Å². The molecule has 1 saturated heterocycles. The van der Waals surface area contributed by atoms with E-state index < -0.39 is 0 Å². The quantitative estimate of drug-likeness (QED) is 0.450. The van der Waals surface area contributed by atoms with Crippen molar-refractivity contribution < 1.29 is 24.2 Å². The average molecular weight is 500 g/mol. The fraction of sp³-hybridized carbons (Fsp3) is 0.323. The molecule has 3 aromatic rings. The maximum Gasteiger partial charge on any atom is 0.373 e. The second-order valence-electron chi connectivity index (χ2n) is 9.78. The van der Waals surface area contributed by atoms with E-state index in [0.29, 0.717) is 12.6 Å². The minimum absolute atomic E-state index is 0.237. The van der Waals surface area contributed by atoms with E-state index in [1.165, 1.54) is 6.42 Å². The van der Waals surface area contributed by atoms with Crippen molar-refractivity contribution >= 4 is 17.3 Å². The number of ether oxygens (including phenoxy) is 2. The van der Waals surface area contributed by atoms with Crippen LogP contribution in [0.15, 0.2) is 72.8 Å². The molecule has 5 rings (SSSR count). The molecule has 1 unspecified atom stereocenters. The molecule has 6 nitrogen and oxygen atoms in total. The Bertz CT molecular complexity index is 1260. The average Bonchev–Trinajstić information content (AvgIpc) is 3.35. The van der Waals surface area contributed by atoms with Gasteiger partial charge in [0.25, 0.3) is 0 Å². The normalized spacial score (nSPS) is 19.6. The number of likely N-dealkylation sites (tertiary alicyclic amines) is 1. The predicted octanol–water partition coefficient (Wildman–Crippen LogP) is 5.98. The Kier molecular flexibility index (Phi) is 8.44. The fourth-order valence-electron chi connectivity index (χ4n) is 5.09. The van der Waals surface area contributed by atoms with Gasteiger partial charge >= 0.3 is 6.15 Å². The van der Waals surface area contributed by atoms with Crippen molar-refractivity contribution in [1.29, 1.82) is 0 Å². The molecule has 0 aromatic heterocycles. The van der Waals surface area contributed by atoms with Crippen LogP contribution < -0.4 is 9.47 Å². The van der Waals surface area contributed by atoms with Gasteiger partial charge in [0.05, 0.1) is 0 Å². The molecule has 0 aliphatic carbocycles. The summed E-state index contributed by atoms with van der Waals surface area (Å²) in [6.07, 6.45) is 1.29. The van der Waals surface area contributed by atoms with Crippen molar-refractivity contribution in [1.82, 2.24) is 4.90 Å². The topological polar surface area (TPSA) is 76.1 Å². The highest BCUT2D eigenvalue weighted by atomic mass is 16.5. The zero-order chi connectivity index (χ0) is 26.4. The van der Waals surface area contributed by atoms with Gasteiger partial charge in [-0.1, -0.05) is 49.4 Å². The Labute approximate surface area is 218 Å². The van der Waals surface area contributed by atoms with E-state index in [2.05, 4.69) is 49.9 Å². The molecule has 0 radical (unpaired) electrons. The molecule has 0 bridgehead atoms. The Balaban J connectivity index is 0.00000102. The lowest BCUT2D eigenvalue weighted by Gasteiger charge is -2.31. The van der Waals surface area contributed by atoms with Crippen molar-refractivity contribution in [3.05, 3.63) is 89.5 Å². The fourth-order valence-corrected chi connectivity index (χ4v) is 5.09. The number of hydrogen-bond donors (Lipinski definition) is 1. The summed E-state index contributed by atoms with van der Waals surface area (Å²) in [6, 6.07) is 24.3. The first-order valence-electron chi connectivity index (χ1n) is 12.6. The van der Waals surface area contributed by atoms with Crippen LogP contribution in [0.3, 0.4) is 0 Å². The number of carbonyl (C=O) groups excluding carboxylic acids is 2. The SMILES string of the molecule is CC1=C(c2ccccc2)C(c2ccc(OC[C@H](C)N3CC[C@@H](C)C3)cc2)Oc2ccc(O)cc21.O=C=O. The predicted molar refractivity (Wildman–Crippen MR) is 142 cm³/mol. The molecule has 0 amide bonds. The number of benzene rings is 3. The number of nitrogens with zero attached hydrogens (tertiary/aromatic N) is 1. The van der Waals surface area contributed by atoms with Gasteiger partial charge in [0.15, 0.2) is 0 Å². The van der Waals surface area contributed by atoms with E-state index in [-0.39, 0.29) is 18.0 Å². The summed E-state index contributed by atoms with van der Waals surface area (Å²) in [6.45, 7) is 9.69. The van der Waals surface area contributed by atoms with Crippen LogP contribution in [0.1, 0.15) is 50.0 Å². The van der Waals surface area contributed by atoms with E-state index in [1.54, 1.807) is 12.1 Å². The van der Waals surface area contributed by atoms with Crippen molar-refractivity contribution in [2.75, 3.05) is 19.7 Å². The monoisotopic (exact) mass is 499 g/mol. The number of hydrogen-bond acceptors (Lipinski definition) is 6. The summed E-state index contributed by atoms with van der Waals surface area (Å²) < 4.78 is 12.6. The molecule has 0 spiro atoms. The smallest absolute Gasteiger partial charge is 0.373 e. The van der Waals surface area contributed by atoms with E-state index in [9.17, 15) is 5.11 Å². The van der Waals surface area contributed by atoms with Crippen molar-refractivity contribution in [3.8, 4) is 17.2 Å². The van der Waals surface area contributed by atoms with E-state index in [0.717, 1.165) is 58.3 Å². The van der Waals surface area contributed by atoms with Gasteiger partial charge < -0.3 is 14.6 Å². The first-order chi connectivity index (χ1) is 17.9. The van der Waals surface area contributed by atoms with Gasteiger partial charge in [-0.15, -0.1) is 0 Å². The van der Waals surface area contributed by atoms with Gasteiger partial charge in [-0.2, -0.15) is 9.59 Å². The number of phenols is 1.